The van der Waals surface area contributed by atoms with Crippen LogP contribution in [0, 0.1) is 11.6 Å². The summed E-state index contributed by atoms with van der Waals surface area (Å²) >= 11 is 0. The number of rotatable bonds is 7. The van der Waals surface area contributed by atoms with Crippen LogP contribution in [0.3, 0.4) is 0 Å². The van der Waals surface area contributed by atoms with Crippen LogP contribution in [0.1, 0.15) is 0 Å². The van der Waals surface area contributed by atoms with Crippen LogP contribution in [0.25, 0.3) is 0 Å². The maximum atomic E-state index is 13.4. The summed E-state index contributed by atoms with van der Waals surface area (Å²) in [6, 6.07) is 10.2. The second-order valence-corrected chi connectivity index (χ2v) is 8.82. The van der Waals surface area contributed by atoms with Gasteiger partial charge in [-0.1, -0.05) is 18.2 Å². The SMILES string of the molecule is CS(=O)(=O)N(CCNS(=O)(=O)c1ccccc1)c1ccc(F)c(F)c1. The zero-order valence-corrected chi connectivity index (χ0v) is 14.8. The highest BCUT2D eigenvalue weighted by molar-refractivity contribution is 7.92. The van der Waals surface area contributed by atoms with Crippen LogP contribution in [0.15, 0.2) is 53.4 Å². The summed E-state index contributed by atoms with van der Waals surface area (Å²) in [6.45, 7) is -0.529. The Morgan fingerprint density at radius 3 is 2.16 bits per heavy atom. The highest BCUT2D eigenvalue weighted by Gasteiger charge is 2.20. The molecule has 136 valence electrons. The summed E-state index contributed by atoms with van der Waals surface area (Å²) in [4.78, 5) is 0.0359. The van der Waals surface area contributed by atoms with E-state index in [9.17, 15) is 25.6 Å². The predicted molar refractivity (Wildman–Crippen MR) is 90.2 cm³/mol. The zero-order valence-electron chi connectivity index (χ0n) is 13.2. The Hall–Kier alpha value is -2.04. The van der Waals surface area contributed by atoms with Gasteiger partial charge >= 0.3 is 0 Å². The van der Waals surface area contributed by atoms with Gasteiger partial charge < -0.3 is 0 Å². The van der Waals surface area contributed by atoms with Crippen molar-refractivity contribution in [2.45, 2.75) is 4.90 Å². The molecule has 0 saturated carbocycles. The minimum absolute atomic E-state index is 0.0359. The van der Waals surface area contributed by atoms with E-state index in [1.165, 1.54) is 12.1 Å². The van der Waals surface area contributed by atoms with Crippen LogP contribution in [-0.2, 0) is 20.0 Å². The van der Waals surface area contributed by atoms with Crippen molar-refractivity contribution in [3.05, 3.63) is 60.2 Å². The lowest BCUT2D eigenvalue weighted by molar-refractivity contribution is 0.508. The molecule has 6 nitrogen and oxygen atoms in total. The molecule has 25 heavy (non-hydrogen) atoms. The Balaban J connectivity index is 2.15. The van der Waals surface area contributed by atoms with Gasteiger partial charge in [0.1, 0.15) is 0 Å². The van der Waals surface area contributed by atoms with Crippen LogP contribution in [0.5, 0.6) is 0 Å². The Labute approximate surface area is 145 Å². The number of hydrogen-bond donors (Lipinski definition) is 1. The number of nitrogens with zero attached hydrogens (tertiary/aromatic N) is 1. The molecule has 0 amide bonds. The minimum atomic E-state index is -3.82. The van der Waals surface area contributed by atoms with Crippen molar-refractivity contribution in [3.8, 4) is 0 Å². The number of hydrogen-bond acceptors (Lipinski definition) is 4. The predicted octanol–water partition coefficient (Wildman–Crippen LogP) is 1.71. The third kappa shape index (κ3) is 4.97. The molecule has 0 bridgehead atoms. The average Bonchev–Trinajstić information content (AvgIpc) is 2.54. The fraction of sp³-hybridized carbons (Fsp3) is 0.200. The molecule has 0 heterocycles. The maximum absolute atomic E-state index is 13.4. The first-order chi connectivity index (χ1) is 11.6. The first-order valence-electron chi connectivity index (χ1n) is 7.09. The van der Waals surface area contributed by atoms with Crippen molar-refractivity contribution in [2.75, 3.05) is 23.7 Å². The fourth-order valence-electron chi connectivity index (χ4n) is 2.09. The standard InChI is InChI=1S/C15H16F2N2O4S2/c1-24(20,21)19(12-7-8-14(16)15(17)11-12)10-9-18-25(22,23)13-5-3-2-4-6-13/h2-8,11,18H,9-10H2,1H3. The Bertz CT molecular complexity index is 949. The lowest BCUT2D eigenvalue weighted by Gasteiger charge is -2.22. The van der Waals surface area contributed by atoms with Crippen molar-refractivity contribution in [1.82, 2.24) is 4.72 Å². The number of nitrogens with one attached hydrogen (secondary N) is 1. The van der Waals surface area contributed by atoms with Crippen LogP contribution < -0.4 is 9.03 Å². The first kappa shape index (κ1) is 19.3. The summed E-state index contributed by atoms with van der Waals surface area (Å²) < 4.78 is 77.4. The van der Waals surface area contributed by atoms with Crippen molar-refractivity contribution in [2.24, 2.45) is 0 Å². The van der Waals surface area contributed by atoms with Gasteiger partial charge in [0.2, 0.25) is 20.0 Å². The van der Waals surface area contributed by atoms with Gasteiger partial charge in [-0.2, -0.15) is 0 Å². The van der Waals surface area contributed by atoms with Crippen molar-refractivity contribution >= 4 is 25.7 Å². The zero-order chi connectivity index (χ0) is 18.7. The van der Waals surface area contributed by atoms with Crippen molar-refractivity contribution in [1.29, 1.82) is 0 Å². The van der Waals surface area contributed by atoms with E-state index in [1.54, 1.807) is 18.2 Å². The molecule has 0 unspecified atom stereocenters. The van der Waals surface area contributed by atoms with E-state index in [4.69, 9.17) is 0 Å². The van der Waals surface area contributed by atoms with Crippen LogP contribution in [0.4, 0.5) is 14.5 Å². The van der Waals surface area contributed by atoms with E-state index in [2.05, 4.69) is 4.72 Å². The highest BCUT2D eigenvalue weighted by atomic mass is 32.2. The van der Waals surface area contributed by atoms with Gasteiger partial charge in [0, 0.05) is 19.2 Å². The fourth-order valence-corrected chi connectivity index (χ4v) is 4.05. The Morgan fingerprint density at radius 2 is 1.60 bits per heavy atom. The molecule has 0 saturated heterocycles. The van der Waals surface area contributed by atoms with Crippen LogP contribution in [-0.4, -0.2) is 36.2 Å². The van der Waals surface area contributed by atoms with Gasteiger partial charge in [-0.05, 0) is 24.3 Å². The molecule has 0 fully saturated rings. The van der Waals surface area contributed by atoms with E-state index < -0.39 is 31.7 Å². The van der Waals surface area contributed by atoms with E-state index in [1.807, 2.05) is 0 Å². The van der Waals surface area contributed by atoms with E-state index >= 15 is 0 Å². The molecular formula is C15H16F2N2O4S2. The monoisotopic (exact) mass is 390 g/mol. The molecule has 2 aromatic rings. The summed E-state index contributed by atoms with van der Waals surface area (Å²) in [5.74, 6) is -2.31. The maximum Gasteiger partial charge on any atom is 0.240 e. The number of halogens is 2. The quantitative estimate of drug-likeness (QED) is 0.780. The molecule has 2 aromatic carbocycles. The van der Waals surface area contributed by atoms with Gasteiger partial charge in [0.25, 0.3) is 0 Å². The lowest BCUT2D eigenvalue weighted by atomic mass is 10.3. The number of benzene rings is 2. The van der Waals surface area contributed by atoms with E-state index in [0.29, 0.717) is 0 Å². The molecule has 0 aliphatic heterocycles. The second-order valence-electron chi connectivity index (χ2n) is 5.14. The molecule has 0 aliphatic rings. The summed E-state index contributed by atoms with van der Waals surface area (Å²) in [5, 5.41) is 0. The van der Waals surface area contributed by atoms with Crippen LogP contribution >= 0.6 is 0 Å². The molecule has 0 atom stereocenters. The van der Waals surface area contributed by atoms with Crippen LogP contribution in [0.2, 0.25) is 0 Å². The molecule has 0 aromatic heterocycles. The highest BCUT2D eigenvalue weighted by Crippen LogP contribution is 2.20. The first-order valence-corrected chi connectivity index (χ1v) is 10.4. The summed E-state index contributed by atoms with van der Waals surface area (Å²) in [5.41, 5.74) is -0.0969. The third-order valence-corrected chi connectivity index (χ3v) is 5.92. The molecular weight excluding hydrogens is 374 g/mol. The van der Waals surface area contributed by atoms with Gasteiger partial charge in [-0.15, -0.1) is 0 Å². The molecule has 0 radical (unpaired) electrons. The second kappa shape index (κ2) is 7.46. The van der Waals surface area contributed by atoms with Gasteiger partial charge in [0.15, 0.2) is 11.6 Å². The third-order valence-electron chi connectivity index (χ3n) is 3.25. The Kier molecular flexibility index (Phi) is 5.76. The van der Waals surface area contributed by atoms with E-state index in [0.717, 1.165) is 28.8 Å². The topological polar surface area (TPSA) is 83.6 Å². The van der Waals surface area contributed by atoms with Gasteiger partial charge in [0.05, 0.1) is 16.8 Å². The smallest absolute Gasteiger partial charge is 0.240 e. The van der Waals surface area contributed by atoms with Crippen molar-refractivity contribution < 1.29 is 25.6 Å². The molecule has 0 aliphatic carbocycles. The average molecular weight is 390 g/mol. The Morgan fingerprint density at radius 1 is 0.960 bits per heavy atom. The number of sulfonamides is 2. The number of anilines is 1. The molecule has 2 rings (SSSR count). The van der Waals surface area contributed by atoms with Gasteiger partial charge in [-0.25, -0.2) is 30.3 Å². The largest absolute Gasteiger partial charge is 0.269 e. The molecule has 0 spiro atoms. The lowest BCUT2D eigenvalue weighted by Crippen LogP contribution is -2.38. The van der Waals surface area contributed by atoms with Crippen molar-refractivity contribution in [3.63, 3.8) is 0 Å². The summed E-state index contributed by atoms with van der Waals surface area (Å²) in [6.07, 6.45) is 0.889. The normalized spacial score (nSPS) is 12.1. The molecule has 10 heteroatoms. The molecule has 1 N–H and O–H groups in total. The van der Waals surface area contributed by atoms with E-state index in [-0.39, 0.29) is 23.7 Å². The minimum Gasteiger partial charge on any atom is -0.269 e. The summed E-state index contributed by atoms with van der Waals surface area (Å²) in [7, 11) is -7.62. The van der Waals surface area contributed by atoms with Gasteiger partial charge in [-0.3, -0.25) is 4.31 Å².